The lowest BCUT2D eigenvalue weighted by molar-refractivity contribution is 0.0742. The Morgan fingerprint density at radius 1 is 1.11 bits per heavy atom. The van der Waals surface area contributed by atoms with E-state index in [2.05, 4.69) is 9.88 Å². The van der Waals surface area contributed by atoms with Gasteiger partial charge in [-0.1, -0.05) is 6.07 Å². The van der Waals surface area contributed by atoms with Crippen molar-refractivity contribution in [3.05, 3.63) is 64.6 Å². The van der Waals surface area contributed by atoms with Crippen LogP contribution in [0.2, 0.25) is 0 Å². The highest BCUT2D eigenvalue weighted by Gasteiger charge is 2.25. The SMILES string of the molecule is COc1ccc2oc(=O)c(C(=O)N3CCN(c4ccccn4)CC3)cc2c1. The molecule has 4 rings (SSSR count). The van der Waals surface area contributed by atoms with Crippen molar-refractivity contribution in [2.75, 3.05) is 38.2 Å². The monoisotopic (exact) mass is 365 g/mol. The van der Waals surface area contributed by atoms with Gasteiger partial charge in [0.2, 0.25) is 0 Å². The zero-order valence-electron chi connectivity index (χ0n) is 14.9. The Morgan fingerprint density at radius 2 is 1.93 bits per heavy atom. The van der Waals surface area contributed by atoms with Crippen molar-refractivity contribution in [2.45, 2.75) is 0 Å². The van der Waals surface area contributed by atoms with Crippen LogP contribution in [0.5, 0.6) is 5.75 Å². The van der Waals surface area contributed by atoms with Crippen molar-refractivity contribution in [2.24, 2.45) is 0 Å². The first-order valence-electron chi connectivity index (χ1n) is 8.73. The molecule has 0 bridgehead atoms. The van der Waals surface area contributed by atoms with Gasteiger partial charge >= 0.3 is 5.63 Å². The Morgan fingerprint density at radius 3 is 2.63 bits per heavy atom. The number of carbonyl (C=O) groups excluding carboxylic acids is 1. The molecule has 3 heterocycles. The summed E-state index contributed by atoms with van der Waals surface area (Å²) in [5, 5.41) is 0.657. The number of methoxy groups -OCH3 is 1. The number of hydrogen-bond donors (Lipinski definition) is 0. The summed E-state index contributed by atoms with van der Waals surface area (Å²) in [5.74, 6) is 1.22. The van der Waals surface area contributed by atoms with Gasteiger partial charge in [0.1, 0.15) is 22.7 Å². The van der Waals surface area contributed by atoms with E-state index in [-0.39, 0.29) is 11.5 Å². The molecule has 0 atom stereocenters. The smallest absolute Gasteiger partial charge is 0.349 e. The fourth-order valence-electron chi connectivity index (χ4n) is 3.23. The molecule has 1 saturated heterocycles. The molecule has 3 aromatic rings. The normalized spacial score (nSPS) is 14.4. The van der Waals surface area contributed by atoms with E-state index >= 15 is 0 Å². The average molecular weight is 365 g/mol. The van der Waals surface area contributed by atoms with Gasteiger partial charge in [-0.3, -0.25) is 4.79 Å². The Bertz CT molecular complexity index is 1020. The summed E-state index contributed by atoms with van der Waals surface area (Å²) in [4.78, 5) is 33.3. The maximum absolute atomic E-state index is 12.9. The number of pyridine rings is 1. The lowest BCUT2D eigenvalue weighted by Crippen LogP contribution is -2.49. The molecular weight excluding hydrogens is 346 g/mol. The molecule has 138 valence electrons. The van der Waals surface area contributed by atoms with Crippen molar-refractivity contribution in [1.29, 1.82) is 0 Å². The third kappa shape index (κ3) is 3.36. The van der Waals surface area contributed by atoms with Crippen molar-refractivity contribution >= 4 is 22.7 Å². The van der Waals surface area contributed by atoms with Crippen LogP contribution in [0.4, 0.5) is 5.82 Å². The minimum atomic E-state index is -0.621. The van der Waals surface area contributed by atoms with E-state index in [1.54, 1.807) is 42.5 Å². The van der Waals surface area contributed by atoms with Crippen molar-refractivity contribution in [3.8, 4) is 5.75 Å². The predicted octanol–water partition coefficient (Wildman–Crippen LogP) is 2.16. The highest BCUT2D eigenvalue weighted by atomic mass is 16.5. The molecule has 2 aromatic heterocycles. The fourth-order valence-corrected chi connectivity index (χ4v) is 3.23. The van der Waals surface area contributed by atoms with Crippen LogP contribution in [0.15, 0.2) is 57.9 Å². The molecule has 0 radical (unpaired) electrons. The van der Waals surface area contributed by atoms with Gasteiger partial charge in [0.25, 0.3) is 5.91 Å². The number of anilines is 1. The Kier molecular flexibility index (Phi) is 4.50. The Balaban J connectivity index is 1.54. The standard InChI is InChI=1S/C20H19N3O4/c1-26-15-5-6-17-14(12-15)13-16(20(25)27-17)19(24)23-10-8-22(9-11-23)18-4-2-3-7-21-18/h2-7,12-13H,8-11H2,1H3. The molecule has 1 aromatic carbocycles. The largest absolute Gasteiger partial charge is 0.497 e. The highest BCUT2D eigenvalue weighted by molar-refractivity contribution is 5.97. The lowest BCUT2D eigenvalue weighted by atomic mass is 10.1. The van der Waals surface area contributed by atoms with Gasteiger partial charge in [0.05, 0.1) is 7.11 Å². The van der Waals surface area contributed by atoms with Crippen LogP contribution in [0.25, 0.3) is 11.0 Å². The molecule has 0 aliphatic carbocycles. The van der Waals surface area contributed by atoms with Gasteiger partial charge in [-0.2, -0.15) is 0 Å². The van der Waals surface area contributed by atoms with E-state index in [1.807, 2.05) is 18.2 Å². The van der Waals surface area contributed by atoms with Crippen LogP contribution in [0.3, 0.4) is 0 Å². The topological polar surface area (TPSA) is 75.9 Å². The minimum Gasteiger partial charge on any atom is -0.497 e. The maximum Gasteiger partial charge on any atom is 0.349 e. The molecular formula is C20H19N3O4. The quantitative estimate of drug-likeness (QED) is 0.662. The molecule has 7 heteroatoms. The molecule has 1 aliphatic rings. The van der Waals surface area contributed by atoms with Crippen molar-refractivity contribution in [1.82, 2.24) is 9.88 Å². The lowest BCUT2D eigenvalue weighted by Gasteiger charge is -2.35. The van der Waals surface area contributed by atoms with Crippen LogP contribution >= 0.6 is 0 Å². The minimum absolute atomic E-state index is 0.0436. The number of rotatable bonds is 3. The molecule has 0 unspecified atom stereocenters. The van der Waals surface area contributed by atoms with Gasteiger partial charge < -0.3 is 19.0 Å². The zero-order valence-corrected chi connectivity index (χ0v) is 14.9. The number of benzene rings is 1. The molecule has 0 N–H and O–H groups in total. The van der Waals surface area contributed by atoms with E-state index < -0.39 is 5.63 Å². The second-order valence-electron chi connectivity index (χ2n) is 6.32. The second kappa shape index (κ2) is 7.11. The predicted molar refractivity (Wildman–Crippen MR) is 101 cm³/mol. The van der Waals surface area contributed by atoms with Gasteiger partial charge in [0, 0.05) is 37.8 Å². The number of nitrogens with zero attached hydrogens (tertiary/aromatic N) is 3. The summed E-state index contributed by atoms with van der Waals surface area (Å²) >= 11 is 0. The maximum atomic E-state index is 12.9. The van der Waals surface area contributed by atoms with Crippen molar-refractivity contribution < 1.29 is 13.9 Å². The average Bonchev–Trinajstić information content (AvgIpc) is 2.73. The first kappa shape index (κ1) is 17.1. The van der Waals surface area contributed by atoms with Crippen LogP contribution in [-0.4, -0.2) is 49.1 Å². The summed E-state index contributed by atoms with van der Waals surface area (Å²) in [6, 6.07) is 12.5. The summed E-state index contributed by atoms with van der Waals surface area (Å²) < 4.78 is 10.5. The molecule has 27 heavy (non-hydrogen) atoms. The van der Waals surface area contributed by atoms with Crippen LogP contribution < -0.4 is 15.3 Å². The third-order valence-corrected chi connectivity index (χ3v) is 4.71. The molecule has 0 spiro atoms. The van der Waals surface area contributed by atoms with Crippen LogP contribution in [0.1, 0.15) is 10.4 Å². The van der Waals surface area contributed by atoms with E-state index in [4.69, 9.17) is 9.15 Å². The van der Waals surface area contributed by atoms with Crippen LogP contribution in [0, 0.1) is 0 Å². The molecule has 1 amide bonds. The third-order valence-electron chi connectivity index (χ3n) is 4.71. The van der Waals surface area contributed by atoms with E-state index in [9.17, 15) is 9.59 Å². The first-order chi connectivity index (χ1) is 13.2. The van der Waals surface area contributed by atoms with E-state index in [0.717, 1.165) is 5.82 Å². The van der Waals surface area contributed by atoms with Crippen molar-refractivity contribution in [3.63, 3.8) is 0 Å². The second-order valence-corrected chi connectivity index (χ2v) is 6.32. The highest BCUT2D eigenvalue weighted by Crippen LogP contribution is 2.21. The summed E-state index contributed by atoms with van der Waals surface area (Å²) in [7, 11) is 1.56. The number of carbonyl (C=O) groups is 1. The number of amides is 1. The first-order valence-corrected chi connectivity index (χ1v) is 8.73. The van der Waals surface area contributed by atoms with Crippen LogP contribution in [-0.2, 0) is 0 Å². The van der Waals surface area contributed by atoms with Gasteiger partial charge in [0.15, 0.2) is 0 Å². The molecule has 7 nitrogen and oxygen atoms in total. The number of fused-ring (bicyclic) bond motifs is 1. The number of aromatic nitrogens is 1. The van der Waals surface area contributed by atoms with E-state index in [0.29, 0.717) is 42.9 Å². The number of hydrogen-bond acceptors (Lipinski definition) is 6. The van der Waals surface area contributed by atoms with E-state index in [1.165, 1.54) is 0 Å². The summed E-state index contributed by atoms with van der Waals surface area (Å²) in [6.45, 7) is 2.36. The summed E-state index contributed by atoms with van der Waals surface area (Å²) in [5.41, 5.74) is -0.149. The van der Waals surface area contributed by atoms with Gasteiger partial charge in [-0.05, 0) is 36.4 Å². The molecule has 1 fully saturated rings. The fraction of sp³-hybridized carbons (Fsp3) is 0.250. The number of ether oxygens (including phenoxy) is 1. The summed E-state index contributed by atoms with van der Waals surface area (Å²) in [6.07, 6.45) is 1.75. The van der Waals surface area contributed by atoms with Gasteiger partial charge in [-0.15, -0.1) is 0 Å². The Hall–Kier alpha value is -3.35. The molecule has 1 aliphatic heterocycles. The van der Waals surface area contributed by atoms with Gasteiger partial charge in [-0.25, -0.2) is 9.78 Å². The zero-order chi connectivity index (χ0) is 18.8. The Labute approximate surface area is 155 Å². The molecule has 0 saturated carbocycles. The number of piperazine rings is 1.